The number of hydrogen-bond donors (Lipinski definition) is 0. The number of benzene rings is 2. The molecule has 0 aromatic heterocycles. The van der Waals surface area contributed by atoms with E-state index < -0.39 is 0 Å². The van der Waals surface area contributed by atoms with Crippen molar-refractivity contribution in [2.24, 2.45) is 0 Å². The summed E-state index contributed by atoms with van der Waals surface area (Å²) in [5.74, 6) is 0.0324. The maximum Gasteiger partial charge on any atom is 0.240 e. The highest BCUT2D eigenvalue weighted by atomic mass is 32.2. The molecule has 2 rings (SSSR count). The molecule has 130 valence electrons. The molecule has 3 nitrogen and oxygen atoms in total. The molecule has 1 unspecified atom stereocenters. The third kappa shape index (κ3) is 5.11. The maximum atomic E-state index is 13.0. The molecule has 0 aliphatic rings. The van der Waals surface area contributed by atoms with E-state index in [0.29, 0.717) is 13.0 Å². The van der Waals surface area contributed by atoms with E-state index in [2.05, 4.69) is 38.1 Å². The van der Waals surface area contributed by atoms with Crippen LogP contribution in [0.5, 0.6) is 0 Å². The number of nitrogens with zero attached hydrogens (tertiary/aromatic N) is 2. The first kappa shape index (κ1) is 19.1. The summed E-state index contributed by atoms with van der Waals surface area (Å²) in [7, 11) is 0. The Kier molecular flexibility index (Phi) is 6.66. The predicted molar refractivity (Wildman–Crippen MR) is 105 cm³/mol. The number of carbonyl (C=O) groups is 1. The molecule has 0 aliphatic carbocycles. The van der Waals surface area contributed by atoms with Crippen molar-refractivity contribution in [1.82, 2.24) is 0 Å². The Hall–Kier alpha value is -2.25. The van der Waals surface area contributed by atoms with Gasteiger partial charge in [0.1, 0.15) is 0 Å². The SMILES string of the molecule is Cc1ccc(N(CCC#N)C(=O)C(C)Sc2cc(C)ccc2C)cc1. The first-order chi connectivity index (χ1) is 11.9. The summed E-state index contributed by atoms with van der Waals surface area (Å²) in [5.41, 5.74) is 4.36. The monoisotopic (exact) mass is 352 g/mol. The lowest BCUT2D eigenvalue weighted by atomic mass is 10.2. The van der Waals surface area contributed by atoms with E-state index in [1.165, 1.54) is 11.1 Å². The van der Waals surface area contributed by atoms with Crippen molar-refractivity contribution in [3.05, 3.63) is 59.2 Å². The van der Waals surface area contributed by atoms with Crippen LogP contribution in [0.4, 0.5) is 5.69 Å². The molecular formula is C21H24N2OS. The van der Waals surface area contributed by atoms with Crippen LogP contribution in [0.3, 0.4) is 0 Å². The molecule has 1 amide bonds. The third-order valence-electron chi connectivity index (χ3n) is 4.05. The van der Waals surface area contributed by atoms with E-state index in [1.807, 2.05) is 38.1 Å². The van der Waals surface area contributed by atoms with Crippen LogP contribution in [0.15, 0.2) is 47.4 Å². The van der Waals surface area contributed by atoms with E-state index >= 15 is 0 Å². The van der Waals surface area contributed by atoms with Crippen LogP contribution in [-0.2, 0) is 4.79 Å². The van der Waals surface area contributed by atoms with Crippen molar-refractivity contribution in [1.29, 1.82) is 5.26 Å². The molecule has 2 aromatic rings. The van der Waals surface area contributed by atoms with Gasteiger partial charge in [0.15, 0.2) is 0 Å². The summed E-state index contributed by atoms with van der Waals surface area (Å²) in [5, 5.41) is 8.71. The Balaban J connectivity index is 2.21. The number of aryl methyl sites for hydroxylation is 3. The molecule has 0 fully saturated rings. The number of nitriles is 1. The van der Waals surface area contributed by atoms with Crippen molar-refractivity contribution < 1.29 is 4.79 Å². The molecule has 1 atom stereocenters. The number of amides is 1. The molecule has 0 saturated heterocycles. The van der Waals surface area contributed by atoms with E-state index in [1.54, 1.807) is 16.7 Å². The van der Waals surface area contributed by atoms with Gasteiger partial charge in [-0.2, -0.15) is 5.26 Å². The van der Waals surface area contributed by atoms with Gasteiger partial charge >= 0.3 is 0 Å². The minimum atomic E-state index is -0.222. The summed E-state index contributed by atoms with van der Waals surface area (Å²) in [6.45, 7) is 8.48. The molecule has 0 N–H and O–H groups in total. The average molecular weight is 353 g/mol. The molecule has 0 bridgehead atoms. The van der Waals surface area contributed by atoms with E-state index in [-0.39, 0.29) is 11.2 Å². The minimum Gasteiger partial charge on any atom is -0.310 e. The number of anilines is 1. The van der Waals surface area contributed by atoms with Crippen molar-refractivity contribution in [3.8, 4) is 6.07 Å². The van der Waals surface area contributed by atoms with Crippen LogP contribution in [0, 0.1) is 32.1 Å². The Morgan fingerprint density at radius 3 is 2.40 bits per heavy atom. The first-order valence-corrected chi connectivity index (χ1v) is 9.29. The molecule has 0 heterocycles. The number of thioether (sulfide) groups is 1. The second-order valence-corrected chi connectivity index (χ2v) is 7.65. The zero-order valence-corrected chi connectivity index (χ0v) is 16.1. The van der Waals surface area contributed by atoms with Gasteiger partial charge < -0.3 is 4.90 Å². The largest absolute Gasteiger partial charge is 0.310 e. The molecular weight excluding hydrogens is 328 g/mol. The number of carbonyl (C=O) groups excluding carboxylic acids is 1. The fraction of sp³-hybridized carbons (Fsp3) is 0.333. The van der Waals surface area contributed by atoms with Crippen molar-refractivity contribution in [2.75, 3.05) is 11.4 Å². The summed E-state index contributed by atoms with van der Waals surface area (Å²) >= 11 is 1.58. The second kappa shape index (κ2) is 8.73. The van der Waals surface area contributed by atoms with Gasteiger partial charge in [-0.3, -0.25) is 4.79 Å². The topological polar surface area (TPSA) is 44.1 Å². The normalized spacial score (nSPS) is 11.6. The van der Waals surface area contributed by atoms with Gasteiger partial charge in [-0.15, -0.1) is 11.8 Å². The van der Waals surface area contributed by atoms with Crippen LogP contribution in [-0.4, -0.2) is 17.7 Å². The average Bonchev–Trinajstić information content (AvgIpc) is 2.59. The van der Waals surface area contributed by atoms with Crippen molar-refractivity contribution in [3.63, 3.8) is 0 Å². The zero-order valence-electron chi connectivity index (χ0n) is 15.2. The van der Waals surface area contributed by atoms with Gasteiger partial charge in [-0.25, -0.2) is 0 Å². The first-order valence-electron chi connectivity index (χ1n) is 8.41. The number of hydrogen-bond acceptors (Lipinski definition) is 3. The standard InChI is InChI=1S/C21H24N2OS/c1-15-7-10-19(11-8-15)23(13-5-12-22)21(24)18(4)25-20-14-16(2)6-9-17(20)3/h6-11,14,18H,5,13H2,1-4H3. The highest BCUT2D eigenvalue weighted by Crippen LogP contribution is 2.29. The highest BCUT2D eigenvalue weighted by Gasteiger charge is 2.23. The summed E-state index contributed by atoms with van der Waals surface area (Å²) in [4.78, 5) is 15.9. The maximum absolute atomic E-state index is 13.0. The highest BCUT2D eigenvalue weighted by molar-refractivity contribution is 8.00. The lowest BCUT2D eigenvalue weighted by Crippen LogP contribution is -2.37. The summed E-state index contributed by atoms with van der Waals surface area (Å²) in [6.07, 6.45) is 0.320. The van der Waals surface area contributed by atoms with Gasteiger partial charge in [0.25, 0.3) is 0 Å². The van der Waals surface area contributed by atoms with Gasteiger partial charge in [-0.05, 0) is 51.5 Å². The lowest BCUT2D eigenvalue weighted by molar-refractivity contribution is -0.117. The molecule has 0 saturated carbocycles. The Morgan fingerprint density at radius 1 is 1.12 bits per heavy atom. The fourth-order valence-corrected chi connectivity index (χ4v) is 3.66. The summed E-state index contributed by atoms with van der Waals surface area (Å²) < 4.78 is 0. The van der Waals surface area contributed by atoms with Crippen LogP contribution < -0.4 is 4.90 Å². The second-order valence-electron chi connectivity index (χ2n) is 6.26. The third-order valence-corrected chi connectivity index (χ3v) is 5.30. The van der Waals surface area contributed by atoms with Crippen molar-refractivity contribution >= 4 is 23.4 Å². The van der Waals surface area contributed by atoms with E-state index in [4.69, 9.17) is 5.26 Å². The van der Waals surface area contributed by atoms with Gasteiger partial charge in [0, 0.05) is 17.1 Å². The predicted octanol–water partition coefficient (Wildman–Crippen LogP) is 5.04. The minimum absolute atomic E-state index is 0.0324. The summed E-state index contributed by atoms with van der Waals surface area (Å²) in [6, 6.07) is 16.3. The molecule has 0 spiro atoms. The Bertz CT molecular complexity index is 777. The van der Waals surface area contributed by atoms with Gasteiger partial charge in [-0.1, -0.05) is 35.4 Å². The van der Waals surface area contributed by atoms with Gasteiger partial charge in [0.2, 0.25) is 5.91 Å². The lowest BCUT2D eigenvalue weighted by Gasteiger charge is -2.25. The molecule has 4 heteroatoms. The number of rotatable bonds is 6. The van der Waals surface area contributed by atoms with Crippen LogP contribution in [0.2, 0.25) is 0 Å². The van der Waals surface area contributed by atoms with Crippen molar-refractivity contribution in [2.45, 2.75) is 44.3 Å². The van der Waals surface area contributed by atoms with Crippen LogP contribution in [0.25, 0.3) is 0 Å². The smallest absolute Gasteiger partial charge is 0.240 e. The fourth-order valence-electron chi connectivity index (χ4n) is 2.55. The van der Waals surface area contributed by atoms with E-state index in [9.17, 15) is 4.79 Å². The quantitative estimate of drug-likeness (QED) is 0.684. The molecule has 0 radical (unpaired) electrons. The molecule has 0 aliphatic heterocycles. The Labute approximate surface area is 154 Å². The zero-order chi connectivity index (χ0) is 18.4. The van der Waals surface area contributed by atoms with Gasteiger partial charge in [0.05, 0.1) is 17.7 Å². The molecule has 2 aromatic carbocycles. The van der Waals surface area contributed by atoms with E-state index in [0.717, 1.165) is 16.1 Å². The van der Waals surface area contributed by atoms with Crippen LogP contribution in [0.1, 0.15) is 30.0 Å². The molecule has 25 heavy (non-hydrogen) atoms. The Morgan fingerprint density at radius 2 is 1.76 bits per heavy atom. The van der Waals surface area contributed by atoms with Crippen LogP contribution >= 0.6 is 11.8 Å².